The maximum Gasteiger partial charge on any atom is 0.132 e. The van der Waals surface area contributed by atoms with Crippen LogP contribution < -0.4 is 9.47 Å². The molecule has 2 aromatic rings. The lowest BCUT2D eigenvalue weighted by Crippen LogP contribution is -1.92. The molecule has 1 heterocycles. The summed E-state index contributed by atoms with van der Waals surface area (Å²) in [6.45, 7) is 0. The molecule has 0 spiro atoms. The zero-order valence-corrected chi connectivity index (χ0v) is 11.1. The Bertz CT molecular complexity index is 491. The summed E-state index contributed by atoms with van der Waals surface area (Å²) in [6, 6.07) is 5.66. The van der Waals surface area contributed by atoms with Gasteiger partial charge in [-0.25, -0.2) is 4.98 Å². The number of rotatable bonds is 4. The number of halogens is 1. The molecule has 2 rings (SSSR count). The molecule has 90 valence electrons. The second-order valence-electron chi connectivity index (χ2n) is 3.32. The predicted octanol–water partition coefficient (Wildman–Crippen LogP) is 3.57. The van der Waals surface area contributed by atoms with Crippen molar-refractivity contribution in [2.45, 2.75) is 5.88 Å². The predicted molar refractivity (Wildman–Crippen MR) is 70.2 cm³/mol. The van der Waals surface area contributed by atoms with E-state index in [0.717, 1.165) is 27.8 Å². The van der Waals surface area contributed by atoms with E-state index in [1.54, 1.807) is 14.2 Å². The number of hydrogen-bond donors (Lipinski definition) is 0. The van der Waals surface area contributed by atoms with Crippen molar-refractivity contribution in [1.29, 1.82) is 0 Å². The highest BCUT2D eigenvalue weighted by Crippen LogP contribution is 2.39. The average molecular weight is 270 g/mol. The van der Waals surface area contributed by atoms with Crippen molar-refractivity contribution >= 4 is 22.9 Å². The van der Waals surface area contributed by atoms with Crippen molar-refractivity contribution in [3.63, 3.8) is 0 Å². The van der Waals surface area contributed by atoms with Gasteiger partial charge in [0.2, 0.25) is 0 Å². The number of thiazole rings is 1. The summed E-state index contributed by atoms with van der Waals surface area (Å²) < 4.78 is 10.7. The van der Waals surface area contributed by atoms with Crippen LogP contribution in [0.4, 0.5) is 0 Å². The van der Waals surface area contributed by atoms with Gasteiger partial charge in [0.1, 0.15) is 16.5 Å². The minimum absolute atomic E-state index is 0.411. The van der Waals surface area contributed by atoms with Crippen LogP contribution in [0.25, 0.3) is 10.6 Å². The van der Waals surface area contributed by atoms with Crippen LogP contribution in [0.3, 0.4) is 0 Å². The standard InChI is InChI=1S/C12H12ClNO2S/c1-15-9-4-3-5-10(16-2)11(9)12-14-8(6-13)7-17-12/h3-5,7H,6H2,1-2H3. The summed E-state index contributed by atoms with van der Waals surface area (Å²) in [4.78, 5) is 4.44. The van der Waals surface area contributed by atoms with Gasteiger partial charge in [0.25, 0.3) is 0 Å². The quantitative estimate of drug-likeness (QED) is 0.795. The summed E-state index contributed by atoms with van der Waals surface area (Å²) in [5.74, 6) is 1.91. The molecule has 0 aliphatic heterocycles. The minimum atomic E-state index is 0.411. The minimum Gasteiger partial charge on any atom is -0.496 e. The molecular formula is C12H12ClNO2S. The van der Waals surface area contributed by atoms with Crippen molar-refractivity contribution in [2.75, 3.05) is 14.2 Å². The van der Waals surface area contributed by atoms with Crippen LogP contribution in [-0.4, -0.2) is 19.2 Å². The first-order chi connectivity index (χ1) is 8.30. The van der Waals surface area contributed by atoms with Gasteiger partial charge >= 0.3 is 0 Å². The molecule has 0 radical (unpaired) electrons. The third-order valence-corrected chi connectivity index (χ3v) is 3.51. The largest absolute Gasteiger partial charge is 0.496 e. The molecule has 0 unspecified atom stereocenters. The van der Waals surface area contributed by atoms with E-state index in [-0.39, 0.29) is 0 Å². The number of nitrogens with zero attached hydrogens (tertiary/aromatic N) is 1. The Morgan fingerprint density at radius 3 is 2.35 bits per heavy atom. The molecule has 0 aliphatic carbocycles. The Morgan fingerprint density at radius 2 is 1.88 bits per heavy atom. The Hall–Kier alpha value is -1.26. The first-order valence-corrected chi connectivity index (χ1v) is 6.43. The SMILES string of the molecule is COc1cccc(OC)c1-c1nc(CCl)cs1. The maximum atomic E-state index is 5.76. The lowest BCUT2D eigenvalue weighted by molar-refractivity contribution is 0.397. The van der Waals surface area contributed by atoms with Gasteiger partial charge in [-0.15, -0.1) is 22.9 Å². The molecule has 0 N–H and O–H groups in total. The molecule has 0 saturated heterocycles. The Kier molecular flexibility index (Phi) is 3.86. The van der Waals surface area contributed by atoms with Gasteiger partial charge in [0.05, 0.1) is 31.4 Å². The molecule has 0 saturated carbocycles. The fraction of sp³-hybridized carbons (Fsp3) is 0.250. The van der Waals surface area contributed by atoms with Crippen LogP contribution in [-0.2, 0) is 5.88 Å². The molecule has 3 nitrogen and oxygen atoms in total. The molecule has 0 amide bonds. The Labute approximate surface area is 109 Å². The lowest BCUT2D eigenvalue weighted by Gasteiger charge is -2.10. The molecule has 1 aromatic heterocycles. The van der Waals surface area contributed by atoms with E-state index in [2.05, 4.69) is 4.98 Å². The van der Waals surface area contributed by atoms with Gasteiger partial charge in [-0.3, -0.25) is 0 Å². The van der Waals surface area contributed by atoms with E-state index in [1.165, 1.54) is 11.3 Å². The number of hydrogen-bond acceptors (Lipinski definition) is 4. The summed E-state index contributed by atoms with van der Waals surface area (Å²) in [5.41, 5.74) is 1.73. The second kappa shape index (κ2) is 5.38. The number of ether oxygens (including phenoxy) is 2. The fourth-order valence-corrected chi connectivity index (χ4v) is 2.65. The summed E-state index contributed by atoms with van der Waals surface area (Å²) >= 11 is 7.29. The average Bonchev–Trinajstić information content (AvgIpc) is 2.86. The number of benzene rings is 1. The van der Waals surface area contributed by atoms with E-state index >= 15 is 0 Å². The van der Waals surface area contributed by atoms with Crippen molar-refractivity contribution < 1.29 is 9.47 Å². The molecule has 0 aliphatic rings. The normalized spacial score (nSPS) is 10.3. The third kappa shape index (κ3) is 2.37. The van der Waals surface area contributed by atoms with Crippen molar-refractivity contribution in [3.8, 4) is 22.1 Å². The van der Waals surface area contributed by atoms with Crippen LogP contribution in [0.15, 0.2) is 23.6 Å². The van der Waals surface area contributed by atoms with E-state index in [9.17, 15) is 0 Å². The topological polar surface area (TPSA) is 31.4 Å². The highest BCUT2D eigenvalue weighted by atomic mass is 35.5. The number of alkyl halides is 1. The molecule has 0 fully saturated rings. The summed E-state index contributed by atoms with van der Waals surface area (Å²) in [7, 11) is 3.27. The van der Waals surface area contributed by atoms with E-state index in [1.807, 2.05) is 23.6 Å². The van der Waals surface area contributed by atoms with Crippen LogP contribution in [0.5, 0.6) is 11.5 Å². The smallest absolute Gasteiger partial charge is 0.132 e. The third-order valence-electron chi connectivity index (χ3n) is 2.33. The van der Waals surface area contributed by atoms with E-state index in [0.29, 0.717) is 5.88 Å². The zero-order chi connectivity index (χ0) is 12.3. The van der Waals surface area contributed by atoms with Crippen LogP contribution in [0.1, 0.15) is 5.69 Å². The highest BCUT2D eigenvalue weighted by molar-refractivity contribution is 7.13. The van der Waals surface area contributed by atoms with Gasteiger partial charge in [0, 0.05) is 5.38 Å². The molecule has 0 atom stereocenters. The van der Waals surface area contributed by atoms with E-state index < -0.39 is 0 Å². The summed E-state index contributed by atoms with van der Waals surface area (Å²) in [5, 5.41) is 2.80. The molecule has 0 bridgehead atoms. The van der Waals surface area contributed by atoms with Crippen LogP contribution in [0, 0.1) is 0 Å². The van der Waals surface area contributed by atoms with Crippen molar-refractivity contribution in [1.82, 2.24) is 4.98 Å². The van der Waals surface area contributed by atoms with Gasteiger partial charge < -0.3 is 9.47 Å². The Balaban J connectivity index is 2.55. The number of aromatic nitrogens is 1. The molecule has 17 heavy (non-hydrogen) atoms. The van der Waals surface area contributed by atoms with Gasteiger partial charge in [-0.05, 0) is 12.1 Å². The highest BCUT2D eigenvalue weighted by Gasteiger charge is 2.15. The second-order valence-corrected chi connectivity index (χ2v) is 4.44. The lowest BCUT2D eigenvalue weighted by atomic mass is 10.2. The molecular weight excluding hydrogens is 258 g/mol. The first kappa shape index (κ1) is 12.2. The monoisotopic (exact) mass is 269 g/mol. The van der Waals surface area contributed by atoms with Crippen LogP contribution in [0.2, 0.25) is 0 Å². The van der Waals surface area contributed by atoms with Crippen molar-refractivity contribution in [3.05, 3.63) is 29.3 Å². The van der Waals surface area contributed by atoms with Gasteiger partial charge in [-0.1, -0.05) is 6.07 Å². The zero-order valence-electron chi connectivity index (χ0n) is 9.57. The van der Waals surface area contributed by atoms with Gasteiger partial charge in [0.15, 0.2) is 0 Å². The van der Waals surface area contributed by atoms with Crippen molar-refractivity contribution in [2.24, 2.45) is 0 Å². The fourth-order valence-electron chi connectivity index (χ4n) is 1.55. The molecule has 5 heteroatoms. The maximum absolute atomic E-state index is 5.76. The van der Waals surface area contributed by atoms with Gasteiger partial charge in [-0.2, -0.15) is 0 Å². The summed E-state index contributed by atoms with van der Waals surface area (Å²) in [6.07, 6.45) is 0. The first-order valence-electron chi connectivity index (χ1n) is 5.02. The van der Waals surface area contributed by atoms with E-state index in [4.69, 9.17) is 21.1 Å². The number of methoxy groups -OCH3 is 2. The molecule has 1 aromatic carbocycles. The Morgan fingerprint density at radius 1 is 1.24 bits per heavy atom. The van der Waals surface area contributed by atoms with Crippen LogP contribution >= 0.6 is 22.9 Å².